The highest BCUT2D eigenvalue weighted by atomic mass is 16.5. The van der Waals surface area contributed by atoms with Crippen molar-refractivity contribution in [2.75, 3.05) is 13.2 Å². The van der Waals surface area contributed by atoms with Crippen molar-refractivity contribution in [1.29, 1.82) is 5.26 Å². The summed E-state index contributed by atoms with van der Waals surface area (Å²) in [6.07, 6.45) is 1.54. The Balaban J connectivity index is 1.63. The Morgan fingerprint density at radius 2 is 1.76 bits per heavy atom. The van der Waals surface area contributed by atoms with Gasteiger partial charge in [0.15, 0.2) is 11.5 Å². The third-order valence-corrected chi connectivity index (χ3v) is 4.53. The van der Waals surface area contributed by atoms with Gasteiger partial charge in [0.05, 0.1) is 31.1 Å². The van der Waals surface area contributed by atoms with E-state index in [-0.39, 0.29) is 5.91 Å². The maximum absolute atomic E-state index is 12.3. The van der Waals surface area contributed by atoms with Gasteiger partial charge in [0, 0.05) is 5.56 Å². The Labute approximate surface area is 193 Å². The summed E-state index contributed by atoms with van der Waals surface area (Å²) < 4.78 is 17.0. The van der Waals surface area contributed by atoms with Crippen molar-refractivity contribution in [3.8, 4) is 23.3 Å². The van der Waals surface area contributed by atoms with Crippen molar-refractivity contribution in [3.63, 3.8) is 0 Å². The minimum absolute atomic E-state index is 0.307. The van der Waals surface area contributed by atoms with Crippen molar-refractivity contribution in [2.24, 2.45) is 5.10 Å². The minimum atomic E-state index is -0.320. The zero-order valence-corrected chi connectivity index (χ0v) is 18.6. The lowest BCUT2D eigenvalue weighted by molar-refractivity contribution is 0.0955. The first kappa shape index (κ1) is 23.4. The molecule has 1 N–H and O–H groups in total. The van der Waals surface area contributed by atoms with Crippen LogP contribution in [0.5, 0.6) is 17.2 Å². The van der Waals surface area contributed by atoms with Gasteiger partial charge in [-0.1, -0.05) is 12.1 Å². The van der Waals surface area contributed by atoms with E-state index in [0.717, 1.165) is 11.1 Å². The van der Waals surface area contributed by atoms with Crippen molar-refractivity contribution in [1.82, 2.24) is 5.43 Å². The van der Waals surface area contributed by atoms with E-state index in [2.05, 4.69) is 16.6 Å². The molecule has 7 heteroatoms. The summed E-state index contributed by atoms with van der Waals surface area (Å²) in [6.45, 7) is 5.13. The molecule has 168 valence electrons. The van der Waals surface area contributed by atoms with Crippen LogP contribution in [0.15, 0.2) is 71.8 Å². The van der Waals surface area contributed by atoms with Gasteiger partial charge < -0.3 is 14.2 Å². The Bertz CT molecular complexity index is 1150. The van der Waals surface area contributed by atoms with Gasteiger partial charge in [0.2, 0.25) is 0 Å². The molecule has 33 heavy (non-hydrogen) atoms. The zero-order valence-electron chi connectivity index (χ0n) is 18.6. The van der Waals surface area contributed by atoms with Gasteiger partial charge in [-0.15, -0.1) is 0 Å². The monoisotopic (exact) mass is 443 g/mol. The zero-order chi connectivity index (χ0) is 23.5. The summed E-state index contributed by atoms with van der Waals surface area (Å²) in [5.74, 6) is 1.53. The maximum atomic E-state index is 12.3. The average Bonchev–Trinajstić information content (AvgIpc) is 2.84. The predicted molar refractivity (Wildman–Crippen MR) is 126 cm³/mol. The first-order chi connectivity index (χ1) is 16.1. The molecule has 0 aliphatic rings. The minimum Gasteiger partial charge on any atom is -0.494 e. The van der Waals surface area contributed by atoms with Crippen LogP contribution in [0, 0.1) is 11.3 Å². The molecule has 0 radical (unpaired) electrons. The van der Waals surface area contributed by atoms with E-state index in [9.17, 15) is 4.79 Å². The number of hydrazone groups is 1. The second kappa shape index (κ2) is 11.9. The largest absolute Gasteiger partial charge is 0.494 e. The number of amides is 1. The molecule has 3 aromatic carbocycles. The van der Waals surface area contributed by atoms with Crippen LogP contribution in [-0.4, -0.2) is 25.3 Å². The third-order valence-electron chi connectivity index (χ3n) is 4.53. The van der Waals surface area contributed by atoms with E-state index in [4.69, 9.17) is 19.5 Å². The molecule has 0 aliphatic carbocycles. The fourth-order valence-electron chi connectivity index (χ4n) is 2.98. The number of benzene rings is 3. The van der Waals surface area contributed by atoms with Gasteiger partial charge >= 0.3 is 0 Å². The summed E-state index contributed by atoms with van der Waals surface area (Å²) in [5, 5.41) is 13.1. The van der Waals surface area contributed by atoms with Gasteiger partial charge in [-0.25, -0.2) is 5.43 Å². The number of hydrogen-bond acceptors (Lipinski definition) is 6. The molecule has 0 unspecified atom stereocenters. The van der Waals surface area contributed by atoms with Crippen LogP contribution in [0.3, 0.4) is 0 Å². The lowest BCUT2D eigenvalue weighted by Gasteiger charge is -2.12. The molecule has 1 amide bonds. The summed E-state index contributed by atoms with van der Waals surface area (Å²) >= 11 is 0. The van der Waals surface area contributed by atoms with Gasteiger partial charge in [-0.05, 0) is 79.6 Å². The molecular weight excluding hydrogens is 418 g/mol. The summed E-state index contributed by atoms with van der Waals surface area (Å²) in [7, 11) is 0. The predicted octanol–water partition coefficient (Wildman–Crippen LogP) is 4.70. The molecule has 3 rings (SSSR count). The molecule has 7 nitrogen and oxygen atoms in total. The lowest BCUT2D eigenvalue weighted by atomic mass is 10.1. The number of rotatable bonds is 10. The molecule has 0 spiro atoms. The number of carbonyl (C=O) groups is 1. The summed E-state index contributed by atoms with van der Waals surface area (Å²) in [6, 6.07) is 21.6. The van der Waals surface area contributed by atoms with Crippen LogP contribution in [0.1, 0.15) is 40.9 Å². The SMILES string of the molecule is CCOc1ccc(C(=O)N/N=C/c2ccc(OCc3cccc(C#N)c3)c(OCC)c2)cc1. The Morgan fingerprint density at radius 3 is 2.48 bits per heavy atom. The van der Waals surface area contributed by atoms with Gasteiger partial charge in [-0.3, -0.25) is 4.79 Å². The fraction of sp³-hybridized carbons (Fsp3) is 0.192. The van der Waals surface area contributed by atoms with Gasteiger partial charge in [-0.2, -0.15) is 10.4 Å². The normalized spacial score (nSPS) is 10.5. The smallest absolute Gasteiger partial charge is 0.271 e. The van der Waals surface area contributed by atoms with Crippen LogP contribution >= 0.6 is 0 Å². The second-order valence-electron chi connectivity index (χ2n) is 6.90. The molecule has 3 aromatic rings. The van der Waals surface area contributed by atoms with E-state index in [1.54, 1.807) is 48.5 Å². The molecule has 0 atom stereocenters. The van der Waals surface area contributed by atoms with Crippen LogP contribution in [0.4, 0.5) is 0 Å². The quantitative estimate of drug-likeness (QED) is 0.362. The van der Waals surface area contributed by atoms with Crippen molar-refractivity contribution < 1.29 is 19.0 Å². The van der Waals surface area contributed by atoms with Gasteiger partial charge in [0.1, 0.15) is 12.4 Å². The van der Waals surface area contributed by atoms with E-state index < -0.39 is 0 Å². The average molecular weight is 444 g/mol. The van der Waals surface area contributed by atoms with E-state index in [0.29, 0.717) is 48.2 Å². The fourth-order valence-corrected chi connectivity index (χ4v) is 2.98. The van der Waals surface area contributed by atoms with E-state index in [1.165, 1.54) is 6.21 Å². The Morgan fingerprint density at radius 1 is 0.970 bits per heavy atom. The van der Waals surface area contributed by atoms with Crippen LogP contribution in [-0.2, 0) is 6.61 Å². The van der Waals surface area contributed by atoms with Crippen molar-refractivity contribution in [2.45, 2.75) is 20.5 Å². The second-order valence-corrected chi connectivity index (χ2v) is 6.90. The first-order valence-electron chi connectivity index (χ1n) is 10.6. The third kappa shape index (κ3) is 6.84. The molecule has 0 fully saturated rings. The van der Waals surface area contributed by atoms with Crippen LogP contribution in [0.25, 0.3) is 0 Å². The Kier molecular flexibility index (Phi) is 8.43. The van der Waals surface area contributed by atoms with E-state index in [1.807, 2.05) is 32.0 Å². The molecule has 0 heterocycles. The van der Waals surface area contributed by atoms with Gasteiger partial charge in [0.25, 0.3) is 5.91 Å². The standard InChI is InChI=1S/C26H25N3O4/c1-3-31-23-11-9-22(10-12-23)26(30)29-28-17-20-8-13-24(25(15-20)32-4-2)33-18-21-7-5-6-19(14-21)16-27/h5-15,17H,3-4,18H2,1-2H3,(H,29,30)/b28-17+. The molecule has 0 aliphatic heterocycles. The van der Waals surface area contributed by atoms with Crippen LogP contribution < -0.4 is 19.6 Å². The number of ether oxygens (including phenoxy) is 3. The molecule has 0 saturated carbocycles. The number of carbonyl (C=O) groups excluding carboxylic acids is 1. The lowest BCUT2D eigenvalue weighted by Crippen LogP contribution is -2.17. The number of nitrogens with zero attached hydrogens (tertiary/aromatic N) is 2. The van der Waals surface area contributed by atoms with Crippen molar-refractivity contribution in [3.05, 3.63) is 89.0 Å². The highest BCUT2D eigenvalue weighted by molar-refractivity contribution is 5.95. The topological polar surface area (TPSA) is 92.9 Å². The number of nitriles is 1. The highest BCUT2D eigenvalue weighted by Crippen LogP contribution is 2.29. The molecular formula is C26H25N3O4. The maximum Gasteiger partial charge on any atom is 0.271 e. The Hall–Kier alpha value is -4.31. The number of nitrogens with one attached hydrogen (secondary N) is 1. The molecule has 0 aromatic heterocycles. The molecule has 0 saturated heterocycles. The summed E-state index contributed by atoms with van der Waals surface area (Å²) in [4.78, 5) is 12.3. The number of hydrogen-bond donors (Lipinski definition) is 1. The highest BCUT2D eigenvalue weighted by Gasteiger charge is 2.08. The van der Waals surface area contributed by atoms with E-state index >= 15 is 0 Å². The van der Waals surface area contributed by atoms with Crippen LogP contribution in [0.2, 0.25) is 0 Å². The van der Waals surface area contributed by atoms with Crippen molar-refractivity contribution >= 4 is 12.1 Å². The molecule has 0 bridgehead atoms. The summed E-state index contributed by atoms with van der Waals surface area (Å²) in [5.41, 5.74) is 5.21. The first-order valence-corrected chi connectivity index (χ1v) is 10.6.